The van der Waals surface area contributed by atoms with E-state index in [4.69, 9.17) is 11.6 Å². The first-order valence-electron chi connectivity index (χ1n) is 14.0. The summed E-state index contributed by atoms with van der Waals surface area (Å²) in [6.07, 6.45) is 0.965. The first-order valence-corrected chi connectivity index (χ1v) is 15.8. The van der Waals surface area contributed by atoms with Crippen LogP contribution in [0.1, 0.15) is 42.5 Å². The summed E-state index contributed by atoms with van der Waals surface area (Å²) >= 11 is 6.28. The van der Waals surface area contributed by atoms with Gasteiger partial charge < -0.3 is 10.2 Å². The number of nitrogens with one attached hydrogen (secondary N) is 1. The van der Waals surface area contributed by atoms with Crippen molar-refractivity contribution < 1.29 is 18.0 Å². The number of carbonyl (C=O) groups excluding carboxylic acids is 2. The average Bonchev–Trinajstić information content (AvgIpc) is 2.95. The maximum absolute atomic E-state index is 14.4. The van der Waals surface area contributed by atoms with Gasteiger partial charge in [-0.1, -0.05) is 73.1 Å². The summed E-state index contributed by atoms with van der Waals surface area (Å²) in [6.45, 7) is 7.12. The molecule has 0 saturated heterocycles. The van der Waals surface area contributed by atoms with E-state index >= 15 is 0 Å². The fourth-order valence-electron chi connectivity index (χ4n) is 4.52. The van der Waals surface area contributed by atoms with Gasteiger partial charge >= 0.3 is 10.2 Å². The number of carbonyl (C=O) groups is 2. The molecular formula is C32H41ClN4O4S. The van der Waals surface area contributed by atoms with Gasteiger partial charge in [-0.05, 0) is 67.6 Å². The second-order valence-electron chi connectivity index (χ2n) is 10.8. The van der Waals surface area contributed by atoms with E-state index in [1.807, 2.05) is 69.3 Å². The van der Waals surface area contributed by atoms with Crippen LogP contribution in [0.3, 0.4) is 0 Å². The standard InChI is InChI=1S/C32H41ClN4O4S/c1-7-25(4)34-32(39)30(20-26-12-9-8-10-13-26)36(21-27-14-11-15-28(33)19-27)31(38)22-37(42(40,41)35(5)6)29-18-23(2)16-17-24(29)3/h8-19,25,30H,7,20-22H2,1-6H3,(H,34,39)/t25-,30-/m0/s1. The maximum Gasteiger partial charge on any atom is 0.304 e. The van der Waals surface area contributed by atoms with E-state index in [9.17, 15) is 18.0 Å². The Balaban J connectivity index is 2.13. The molecule has 226 valence electrons. The minimum Gasteiger partial charge on any atom is -0.352 e. The zero-order chi connectivity index (χ0) is 31.0. The number of aryl methyl sites for hydroxylation is 2. The van der Waals surface area contributed by atoms with Gasteiger partial charge in [-0.15, -0.1) is 0 Å². The Hall–Kier alpha value is -3.40. The van der Waals surface area contributed by atoms with Crippen LogP contribution < -0.4 is 9.62 Å². The van der Waals surface area contributed by atoms with Crippen LogP contribution in [0.4, 0.5) is 5.69 Å². The lowest BCUT2D eigenvalue weighted by molar-refractivity contribution is -0.140. The quantitative estimate of drug-likeness (QED) is 0.290. The van der Waals surface area contributed by atoms with Gasteiger partial charge in [0.2, 0.25) is 11.8 Å². The predicted molar refractivity (Wildman–Crippen MR) is 170 cm³/mol. The van der Waals surface area contributed by atoms with Crippen molar-refractivity contribution in [3.8, 4) is 0 Å². The van der Waals surface area contributed by atoms with Gasteiger partial charge in [0.05, 0.1) is 5.69 Å². The molecule has 2 atom stereocenters. The largest absolute Gasteiger partial charge is 0.352 e. The van der Waals surface area contributed by atoms with Crippen LogP contribution in [-0.4, -0.2) is 62.2 Å². The van der Waals surface area contributed by atoms with Gasteiger partial charge in [-0.25, -0.2) is 4.31 Å². The molecule has 0 aliphatic carbocycles. The van der Waals surface area contributed by atoms with Crippen molar-refractivity contribution in [3.63, 3.8) is 0 Å². The lowest BCUT2D eigenvalue weighted by atomic mass is 10.0. The van der Waals surface area contributed by atoms with Crippen LogP contribution in [0, 0.1) is 13.8 Å². The van der Waals surface area contributed by atoms with Gasteiger partial charge in [0.1, 0.15) is 12.6 Å². The molecule has 0 bridgehead atoms. The first kappa shape index (κ1) is 33.1. The van der Waals surface area contributed by atoms with Crippen LogP contribution in [-0.2, 0) is 32.8 Å². The summed E-state index contributed by atoms with van der Waals surface area (Å²) in [5.41, 5.74) is 3.56. The van der Waals surface area contributed by atoms with Gasteiger partial charge in [-0.3, -0.25) is 9.59 Å². The highest BCUT2D eigenvalue weighted by Gasteiger charge is 2.35. The normalized spacial score (nSPS) is 13.0. The molecule has 0 aliphatic heterocycles. The number of anilines is 1. The third-order valence-electron chi connectivity index (χ3n) is 7.17. The fourth-order valence-corrected chi connectivity index (χ4v) is 5.84. The zero-order valence-electron chi connectivity index (χ0n) is 25.2. The molecule has 3 aromatic rings. The Morgan fingerprint density at radius 1 is 0.929 bits per heavy atom. The SMILES string of the molecule is CC[C@H](C)NC(=O)[C@H](Cc1ccccc1)N(Cc1cccc(Cl)c1)C(=O)CN(c1cc(C)ccc1C)S(=O)(=O)N(C)C. The number of hydrogen-bond acceptors (Lipinski definition) is 4. The molecule has 42 heavy (non-hydrogen) atoms. The maximum atomic E-state index is 14.4. The van der Waals surface area contributed by atoms with Crippen LogP contribution in [0.2, 0.25) is 5.02 Å². The van der Waals surface area contributed by atoms with Gasteiger partial charge in [0, 0.05) is 38.1 Å². The van der Waals surface area contributed by atoms with E-state index < -0.39 is 28.7 Å². The third kappa shape index (κ3) is 8.56. The molecule has 0 unspecified atom stereocenters. The monoisotopic (exact) mass is 612 g/mol. The van der Waals surface area contributed by atoms with Crippen molar-refractivity contribution in [2.45, 2.75) is 59.2 Å². The number of amides is 2. The highest BCUT2D eigenvalue weighted by atomic mass is 35.5. The second-order valence-corrected chi connectivity index (χ2v) is 13.3. The summed E-state index contributed by atoms with van der Waals surface area (Å²) in [6, 6.07) is 21.0. The molecule has 3 aromatic carbocycles. The van der Waals surface area contributed by atoms with Crippen molar-refractivity contribution in [3.05, 3.63) is 100 Å². The van der Waals surface area contributed by atoms with Crippen molar-refractivity contribution in [1.29, 1.82) is 0 Å². The van der Waals surface area contributed by atoms with Crippen LogP contribution in [0.5, 0.6) is 0 Å². The minimum absolute atomic E-state index is 0.0630. The Labute approximate surface area is 255 Å². The molecule has 0 aliphatic rings. The van der Waals surface area contributed by atoms with Crippen molar-refractivity contribution >= 4 is 39.3 Å². The van der Waals surface area contributed by atoms with Crippen LogP contribution in [0.25, 0.3) is 0 Å². The highest BCUT2D eigenvalue weighted by Crippen LogP contribution is 2.26. The zero-order valence-corrected chi connectivity index (χ0v) is 26.7. The van der Waals surface area contributed by atoms with E-state index in [0.717, 1.165) is 25.3 Å². The lowest BCUT2D eigenvalue weighted by Crippen LogP contribution is -2.55. The Bertz CT molecular complexity index is 1480. The Morgan fingerprint density at radius 3 is 2.21 bits per heavy atom. The number of nitrogens with zero attached hydrogens (tertiary/aromatic N) is 3. The predicted octanol–water partition coefficient (Wildman–Crippen LogP) is 5.12. The van der Waals surface area contributed by atoms with E-state index in [-0.39, 0.29) is 24.9 Å². The summed E-state index contributed by atoms with van der Waals surface area (Å²) in [4.78, 5) is 29.6. The molecular weight excluding hydrogens is 572 g/mol. The summed E-state index contributed by atoms with van der Waals surface area (Å²) in [5, 5.41) is 3.53. The molecule has 2 amide bonds. The molecule has 0 fully saturated rings. The van der Waals surface area contributed by atoms with Crippen LogP contribution >= 0.6 is 11.6 Å². The smallest absolute Gasteiger partial charge is 0.304 e. The van der Waals surface area contributed by atoms with E-state index in [0.29, 0.717) is 22.7 Å². The van der Waals surface area contributed by atoms with E-state index in [1.165, 1.54) is 19.0 Å². The summed E-state index contributed by atoms with van der Waals surface area (Å²) < 4.78 is 29.4. The molecule has 0 heterocycles. The topological polar surface area (TPSA) is 90.0 Å². The Kier molecular flexibility index (Phi) is 11.6. The summed E-state index contributed by atoms with van der Waals surface area (Å²) in [7, 11) is -1.21. The molecule has 10 heteroatoms. The highest BCUT2D eigenvalue weighted by molar-refractivity contribution is 7.90. The Morgan fingerprint density at radius 2 is 1.60 bits per heavy atom. The molecule has 3 rings (SSSR count). The molecule has 0 spiro atoms. The molecule has 1 N–H and O–H groups in total. The second kappa shape index (κ2) is 14.7. The third-order valence-corrected chi connectivity index (χ3v) is 9.21. The van der Waals surface area contributed by atoms with E-state index in [2.05, 4.69) is 5.32 Å². The van der Waals surface area contributed by atoms with Crippen molar-refractivity contribution in [2.75, 3.05) is 24.9 Å². The number of hydrogen-bond donors (Lipinski definition) is 1. The summed E-state index contributed by atoms with van der Waals surface area (Å²) in [5.74, 6) is -0.820. The fraction of sp³-hybridized carbons (Fsp3) is 0.375. The molecule has 0 saturated carbocycles. The van der Waals surface area contributed by atoms with Gasteiger partial charge in [0.25, 0.3) is 0 Å². The molecule has 8 nitrogen and oxygen atoms in total. The van der Waals surface area contributed by atoms with E-state index in [1.54, 1.807) is 31.2 Å². The van der Waals surface area contributed by atoms with Gasteiger partial charge in [-0.2, -0.15) is 12.7 Å². The number of benzene rings is 3. The first-order chi connectivity index (χ1) is 19.8. The molecule has 0 aromatic heterocycles. The van der Waals surface area contributed by atoms with Crippen molar-refractivity contribution in [2.24, 2.45) is 0 Å². The minimum atomic E-state index is -4.07. The number of halogens is 1. The van der Waals surface area contributed by atoms with Gasteiger partial charge in [0.15, 0.2) is 0 Å². The number of rotatable bonds is 13. The van der Waals surface area contributed by atoms with Crippen molar-refractivity contribution in [1.82, 2.24) is 14.5 Å². The van der Waals surface area contributed by atoms with Crippen LogP contribution in [0.15, 0.2) is 72.8 Å². The lowest BCUT2D eigenvalue weighted by Gasteiger charge is -2.35. The average molecular weight is 613 g/mol. The molecule has 0 radical (unpaired) electrons.